The monoisotopic (exact) mass is 494 g/mol. The molecule has 1 atom stereocenters. The van der Waals surface area contributed by atoms with E-state index in [1.54, 1.807) is 43.3 Å². The maximum atomic E-state index is 14.3. The number of thiazole rings is 1. The van der Waals surface area contributed by atoms with E-state index in [2.05, 4.69) is 11.6 Å². The molecule has 2 aromatic carbocycles. The van der Waals surface area contributed by atoms with E-state index in [4.69, 9.17) is 14.2 Å². The Morgan fingerprint density at radius 2 is 1.94 bits per heavy atom. The van der Waals surface area contributed by atoms with Crippen LogP contribution in [-0.2, 0) is 9.53 Å². The summed E-state index contributed by atoms with van der Waals surface area (Å²) in [5, 5.41) is 0. The summed E-state index contributed by atoms with van der Waals surface area (Å²) in [6.07, 6.45) is 2.95. The lowest BCUT2D eigenvalue weighted by Gasteiger charge is -2.25. The Kier molecular flexibility index (Phi) is 6.97. The van der Waals surface area contributed by atoms with Crippen molar-refractivity contribution >= 4 is 23.4 Å². The Morgan fingerprint density at radius 1 is 1.20 bits per heavy atom. The molecule has 4 rings (SSSR count). The Morgan fingerprint density at radius 3 is 2.63 bits per heavy atom. The number of halogens is 1. The quantitative estimate of drug-likeness (QED) is 0.373. The van der Waals surface area contributed by atoms with Crippen molar-refractivity contribution in [1.29, 1.82) is 0 Å². The largest absolute Gasteiger partial charge is 0.493 e. The highest BCUT2D eigenvalue weighted by Crippen LogP contribution is 2.36. The van der Waals surface area contributed by atoms with Gasteiger partial charge in [0.15, 0.2) is 16.3 Å². The van der Waals surface area contributed by atoms with Crippen molar-refractivity contribution in [3.05, 3.63) is 103 Å². The van der Waals surface area contributed by atoms with E-state index in [0.717, 1.165) is 11.3 Å². The van der Waals surface area contributed by atoms with E-state index < -0.39 is 23.4 Å². The summed E-state index contributed by atoms with van der Waals surface area (Å²) >= 11 is 1.12. The minimum absolute atomic E-state index is 0.00592. The zero-order valence-corrected chi connectivity index (χ0v) is 20.2. The van der Waals surface area contributed by atoms with Gasteiger partial charge in [-0.1, -0.05) is 48.3 Å². The van der Waals surface area contributed by atoms with Gasteiger partial charge in [0.25, 0.3) is 5.56 Å². The number of rotatable bonds is 7. The van der Waals surface area contributed by atoms with E-state index in [-0.39, 0.29) is 22.3 Å². The normalized spacial score (nSPS) is 15.3. The van der Waals surface area contributed by atoms with Gasteiger partial charge < -0.3 is 14.2 Å². The third-order valence-electron chi connectivity index (χ3n) is 5.49. The number of carbonyl (C=O) groups is 1. The van der Waals surface area contributed by atoms with Crippen LogP contribution in [0.3, 0.4) is 0 Å². The van der Waals surface area contributed by atoms with E-state index in [1.165, 1.54) is 37.0 Å². The van der Waals surface area contributed by atoms with Gasteiger partial charge in [-0.05, 0) is 36.8 Å². The molecule has 35 heavy (non-hydrogen) atoms. The number of ether oxygens (including phenoxy) is 3. The summed E-state index contributed by atoms with van der Waals surface area (Å²) in [5.41, 5.74) is 1.10. The van der Waals surface area contributed by atoms with Crippen LogP contribution < -0.4 is 24.4 Å². The number of allylic oxidation sites excluding steroid dienone is 1. The van der Waals surface area contributed by atoms with E-state index >= 15 is 0 Å². The second-order valence-electron chi connectivity index (χ2n) is 7.60. The summed E-state index contributed by atoms with van der Waals surface area (Å²) < 4.78 is 32.1. The first-order valence-corrected chi connectivity index (χ1v) is 11.5. The molecular formula is C26H23FN2O5S. The number of hydrogen-bond donors (Lipinski definition) is 0. The van der Waals surface area contributed by atoms with Crippen molar-refractivity contribution in [2.24, 2.45) is 4.99 Å². The number of benzene rings is 2. The van der Waals surface area contributed by atoms with Gasteiger partial charge in [-0.3, -0.25) is 9.36 Å². The van der Waals surface area contributed by atoms with Gasteiger partial charge in [-0.15, -0.1) is 0 Å². The minimum Gasteiger partial charge on any atom is -0.493 e. The molecule has 9 heteroatoms. The van der Waals surface area contributed by atoms with Crippen LogP contribution >= 0.6 is 11.3 Å². The van der Waals surface area contributed by atoms with Crippen LogP contribution in [-0.4, -0.2) is 31.4 Å². The molecule has 7 nitrogen and oxygen atoms in total. The molecule has 0 aliphatic carbocycles. The van der Waals surface area contributed by atoms with Crippen LogP contribution in [0.25, 0.3) is 6.08 Å². The number of carbonyl (C=O) groups excluding carboxylic acids is 1. The highest BCUT2D eigenvalue weighted by Gasteiger charge is 2.34. The fourth-order valence-electron chi connectivity index (χ4n) is 3.87. The van der Waals surface area contributed by atoms with Gasteiger partial charge in [0.05, 0.1) is 36.1 Å². The average Bonchev–Trinajstić information content (AvgIpc) is 3.16. The third-order valence-corrected chi connectivity index (χ3v) is 6.47. The van der Waals surface area contributed by atoms with Crippen LogP contribution in [0, 0.1) is 5.82 Å². The summed E-state index contributed by atoms with van der Waals surface area (Å²) in [6.45, 7) is 5.27. The highest BCUT2D eigenvalue weighted by atomic mass is 32.1. The molecule has 1 aliphatic heterocycles. The predicted octanol–water partition coefficient (Wildman–Crippen LogP) is 3.12. The number of aromatic nitrogens is 1. The maximum Gasteiger partial charge on any atom is 0.338 e. The number of esters is 1. The lowest BCUT2D eigenvalue weighted by molar-refractivity contribution is -0.138. The van der Waals surface area contributed by atoms with Crippen molar-refractivity contribution in [2.75, 3.05) is 20.8 Å². The molecule has 0 saturated heterocycles. The highest BCUT2D eigenvalue weighted by molar-refractivity contribution is 7.07. The molecule has 1 unspecified atom stereocenters. The standard InChI is InChI=1S/C26H23FN2O5S/c1-5-12-34-25(31)22-15(2)28-26-29(23(22)17-10-11-19(32-3)20(13-17)33-4)24(30)21(35-26)14-16-8-6-7-9-18(16)27/h5-11,13-14,23H,1,12H2,2-4H3/b21-14-. The van der Waals surface area contributed by atoms with Gasteiger partial charge in [0, 0.05) is 5.56 Å². The summed E-state index contributed by atoms with van der Waals surface area (Å²) in [6, 6.07) is 10.5. The molecule has 1 aliphatic rings. The van der Waals surface area contributed by atoms with Crippen molar-refractivity contribution in [3.8, 4) is 11.5 Å². The van der Waals surface area contributed by atoms with E-state index in [9.17, 15) is 14.0 Å². The average molecular weight is 495 g/mol. The predicted molar refractivity (Wildman–Crippen MR) is 131 cm³/mol. The topological polar surface area (TPSA) is 79.1 Å². The summed E-state index contributed by atoms with van der Waals surface area (Å²) in [4.78, 5) is 31.6. The Bertz CT molecular complexity index is 1520. The van der Waals surface area contributed by atoms with Gasteiger partial charge in [0.1, 0.15) is 12.4 Å². The second-order valence-corrected chi connectivity index (χ2v) is 8.61. The Hall–Kier alpha value is -3.98. The van der Waals surface area contributed by atoms with Crippen molar-refractivity contribution < 1.29 is 23.4 Å². The number of hydrogen-bond acceptors (Lipinski definition) is 7. The van der Waals surface area contributed by atoms with E-state index in [1.807, 2.05) is 0 Å². The molecule has 0 fully saturated rings. The van der Waals surface area contributed by atoms with E-state index in [0.29, 0.717) is 27.6 Å². The molecule has 0 amide bonds. The minimum atomic E-state index is -0.842. The van der Waals surface area contributed by atoms with Crippen LogP contribution in [0.5, 0.6) is 11.5 Å². The third kappa shape index (κ3) is 4.54. The molecule has 2 heterocycles. The molecule has 0 N–H and O–H groups in total. The summed E-state index contributed by atoms with van der Waals surface area (Å²) in [5.74, 6) is -0.124. The Labute approximate surface area is 204 Å². The molecule has 0 saturated carbocycles. The molecule has 1 aromatic heterocycles. The van der Waals surface area contributed by atoms with Gasteiger partial charge in [-0.25, -0.2) is 14.2 Å². The molecule has 3 aromatic rings. The first-order chi connectivity index (χ1) is 16.9. The molecule has 0 bridgehead atoms. The molecule has 0 radical (unpaired) electrons. The van der Waals surface area contributed by atoms with Gasteiger partial charge in [-0.2, -0.15) is 0 Å². The van der Waals surface area contributed by atoms with Crippen molar-refractivity contribution in [2.45, 2.75) is 13.0 Å². The van der Waals surface area contributed by atoms with Crippen molar-refractivity contribution in [3.63, 3.8) is 0 Å². The SMILES string of the molecule is C=CCOC(=O)C1=C(C)N=c2s/c(=C\c3ccccc3F)c(=O)n2C1c1ccc(OC)c(OC)c1. The number of methoxy groups -OCH3 is 2. The smallest absolute Gasteiger partial charge is 0.338 e. The number of nitrogens with zero attached hydrogens (tertiary/aromatic N) is 2. The first-order valence-electron chi connectivity index (χ1n) is 10.7. The van der Waals surface area contributed by atoms with Crippen LogP contribution in [0.15, 0.2) is 76.2 Å². The molecule has 180 valence electrons. The number of fused-ring (bicyclic) bond motifs is 1. The zero-order valence-electron chi connectivity index (χ0n) is 19.4. The van der Waals surface area contributed by atoms with Gasteiger partial charge in [0.2, 0.25) is 0 Å². The lowest BCUT2D eigenvalue weighted by Crippen LogP contribution is -2.40. The molecule has 0 spiro atoms. The maximum absolute atomic E-state index is 14.3. The fraction of sp³-hybridized carbons (Fsp3) is 0.192. The summed E-state index contributed by atoms with van der Waals surface area (Å²) in [7, 11) is 3.02. The first kappa shape index (κ1) is 24.2. The molecular weight excluding hydrogens is 471 g/mol. The van der Waals surface area contributed by atoms with Crippen LogP contribution in [0.4, 0.5) is 4.39 Å². The zero-order chi connectivity index (χ0) is 25.1. The van der Waals surface area contributed by atoms with Gasteiger partial charge >= 0.3 is 5.97 Å². The van der Waals surface area contributed by atoms with Crippen LogP contribution in [0.1, 0.15) is 24.1 Å². The lowest BCUT2D eigenvalue weighted by atomic mass is 9.95. The fourth-order valence-corrected chi connectivity index (χ4v) is 4.90. The Balaban J connectivity index is 1.97. The van der Waals surface area contributed by atoms with Crippen molar-refractivity contribution in [1.82, 2.24) is 4.57 Å². The van der Waals surface area contributed by atoms with Crippen LogP contribution in [0.2, 0.25) is 0 Å². The second kappa shape index (κ2) is 10.1.